The highest BCUT2D eigenvalue weighted by Crippen LogP contribution is 2.46. The highest BCUT2D eigenvalue weighted by atomic mass is 16.3. The first-order valence-electron chi connectivity index (χ1n) is 3.05. The first-order valence-corrected chi connectivity index (χ1v) is 3.05. The lowest BCUT2D eigenvalue weighted by molar-refractivity contribution is 0.224. The maximum atomic E-state index is 8.59. The van der Waals surface area contributed by atoms with Crippen LogP contribution in [-0.4, -0.2) is 17.8 Å². The number of nitrogens with two attached hydrogens (primary N) is 1. The van der Waals surface area contributed by atoms with Gasteiger partial charge in [0, 0.05) is 6.04 Å². The predicted octanol–water partition coefficient (Wildman–Crippen LogP) is 0.106. The van der Waals surface area contributed by atoms with Crippen LogP contribution >= 0.6 is 0 Å². The van der Waals surface area contributed by atoms with Crippen LogP contribution in [0.15, 0.2) is 0 Å². The molecule has 0 saturated heterocycles. The van der Waals surface area contributed by atoms with E-state index in [9.17, 15) is 0 Å². The van der Waals surface area contributed by atoms with Crippen molar-refractivity contribution in [1.29, 1.82) is 0 Å². The molecule has 0 bridgehead atoms. The number of aliphatic hydroxyl groups is 1. The topological polar surface area (TPSA) is 46.2 Å². The minimum atomic E-state index is 0.0162. The van der Waals surface area contributed by atoms with E-state index < -0.39 is 0 Å². The van der Waals surface area contributed by atoms with E-state index in [1.165, 1.54) is 12.8 Å². The summed E-state index contributed by atoms with van der Waals surface area (Å²) in [5.41, 5.74) is 5.85. The molecule has 0 aliphatic heterocycles. The SMILES string of the molecule is CC1(C(N)CO)CC1. The Labute approximate surface area is 49.7 Å². The van der Waals surface area contributed by atoms with E-state index in [1.807, 2.05) is 0 Å². The third-order valence-electron chi connectivity index (χ3n) is 2.13. The van der Waals surface area contributed by atoms with Gasteiger partial charge in [-0.05, 0) is 18.3 Å². The van der Waals surface area contributed by atoms with Gasteiger partial charge in [0.1, 0.15) is 0 Å². The number of rotatable bonds is 2. The first kappa shape index (κ1) is 6.05. The second-order valence-electron chi connectivity index (χ2n) is 2.94. The van der Waals surface area contributed by atoms with Gasteiger partial charge < -0.3 is 10.8 Å². The molecule has 1 aliphatic rings. The van der Waals surface area contributed by atoms with E-state index in [-0.39, 0.29) is 18.1 Å². The smallest absolute Gasteiger partial charge is 0.0587 e. The number of aliphatic hydroxyl groups excluding tert-OH is 1. The van der Waals surface area contributed by atoms with Crippen molar-refractivity contribution in [3.8, 4) is 0 Å². The summed E-state index contributed by atoms with van der Waals surface area (Å²) in [5, 5.41) is 8.59. The molecular formula is C6H13NO. The van der Waals surface area contributed by atoms with Crippen molar-refractivity contribution in [2.75, 3.05) is 6.61 Å². The summed E-state index contributed by atoms with van der Waals surface area (Å²) in [5.74, 6) is 0. The van der Waals surface area contributed by atoms with Crippen LogP contribution in [0, 0.1) is 5.41 Å². The fourth-order valence-corrected chi connectivity index (χ4v) is 0.788. The molecule has 1 unspecified atom stereocenters. The first-order chi connectivity index (χ1) is 3.69. The molecule has 1 fully saturated rings. The lowest BCUT2D eigenvalue weighted by Crippen LogP contribution is -2.33. The standard InChI is InChI=1S/C6H13NO/c1-6(2-3-6)5(7)4-8/h5,8H,2-4,7H2,1H3. The molecule has 3 N–H and O–H groups in total. The van der Waals surface area contributed by atoms with Crippen LogP contribution < -0.4 is 5.73 Å². The predicted molar refractivity (Wildman–Crippen MR) is 32.4 cm³/mol. The van der Waals surface area contributed by atoms with Gasteiger partial charge in [-0.3, -0.25) is 0 Å². The molecule has 0 amide bonds. The van der Waals surface area contributed by atoms with Gasteiger partial charge in [-0.1, -0.05) is 6.92 Å². The highest BCUT2D eigenvalue weighted by molar-refractivity contribution is 4.96. The number of hydrogen-bond donors (Lipinski definition) is 2. The summed E-state index contributed by atoms with van der Waals surface area (Å²) in [7, 11) is 0. The van der Waals surface area contributed by atoms with E-state index in [0.29, 0.717) is 0 Å². The quantitative estimate of drug-likeness (QED) is 0.536. The van der Waals surface area contributed by atoms with E-state index in [2.05, 4.69) is 6.92 Å². The zero-order valence-electron chi connectivity index (χ0n) is 5.22. The zero-order chi connectivity index (χ0) is 6.20. The summed E-state index contributed by atoms with van der Waals surface area (Å²) in [6.07, 6.45) is 2.38. The maximum Gasteiger partial charge on any atom is 0.0587 e. The molecule has 8 heavy (non-hydrogen) atoms. The molecule has 1 rings (SSSR count). The van der Waals surface area contributed by atoms with Crippen LogP contribution in [0.25, 0.3) is 0 Å². The molecule has 0 radical (unpaired) electrons. The molecule has 0 spiro atoms. The molecular weight excluding hydrogens is 102 g/mol. The van der Waals surface area contributed by atoms with Crippen molar-refractivity contribution in [3.63, 3.8) is 0 Å². The maximum absolute atomic E-state index is 8.59. The van der Waals surface area contributed by atoms with Crippen LogP contribution in [0.5, 0.6) is 0 Å². The van der Waals surface area contributed by atoms with Crippen LogP contribution in [0.1, 0.15) is 19.8 Å². The second kappa shape index (κ2) is 1.71. The van der Waals surface area contributed by atoms with Gasteiger partial charge in [-0.2, -0.15) is 0 Å². The van der Waals surface area contributed by atoms with Gasteiger partial charge in [0.15, 0.2) is 0 Å². The average molecular weight is 115 g/mol. The Morgan fingerprint density at radius 3 is 2.38 bits per heavy atom. The van der Waals surface area contributed by atoms with Gasteiger partial charge in [0.2, 0.25) is 0 Å². The summed E-state index contributed by atoms with van der Waals surface area (Å²) < 4.78 is 0. The average Bonchev–Trinajstić information content (AvgIpc) is 2.47. The molecule has 0 aromatic heterocycles. The van der Waals surface area contributed by atoms with E-state index in [0.717, 1.165) is 0 Å². The highest BCUT2D eigenvalue weighted by Gasteiger charge is 2.42. The Bertz CT molecular complexity index is 88.5. The van der Waals surface area contributed by atoms with E-state index >= 15 is 0 Å². The van der Waals surface area contributed by atoms with Gasteiger partial charge >= 0.3 is 0 Å². The lowest BCUT2D eigenvalue weighted by atomic mass is 10.0. The Balaban J connectivity index is 2.34. The fraction of sp³-hybridized carbons (Fsp3) is 1.00. The monoisotopic (exact) mass is 115 g/mol. The second-order valence-corrected chi connectivity index (χ2v) is 2.94. The summed E-state index contributed by atoms with van der Waals surface area (Å²) >= 11 is 0. The Hall–Kier alpha value is -0.0800. The number of hydrogen-bond acceptors (Lipinski definition) is 2. The van der Waals surface area contributed by atoms with Crippen LogP contribution in [0.3, 0.4) is 0 Å². The molecule has 0 heterocycles. The van der Waals surface area contributed by atoms with Gasteiger partial charge in [-0.25, -0.2) is 0 Å². The van der Waals surface area contributed by atoms with Crippen molar-refractivity contribution in [3.05, 3.63) is 0 Å². The van der Waals surface area contributed by atoms with Gasteiger partial charge in [-0.15, -0.1) is 0 Å². The molecule has 1 atom stereocenters. The third-order valence-corrected chi connectivity index (χ3v) is 2.13. The minimum absolute atomic E-state index is 0.0162. The summed E-state index contributed by atoms with van der Waals surface area (Å²) in [6.45, 7) is 2.25. The molecule has 1 saturated carbocycles. The molecule has 48 valence electrons. The summed E-state index contributed by atoms with van der Waals surface area (Å²) in [6, 6.07) is 0.0162. The fourth-order valence-electron chi connectivity index (χ4n) is 0.788. The Kier molecular flexibility index (Phi) is 1.29. The molecule has 1 aliphatic carbocycles. The van der Waals surface area contributed by atoms with Crippen molar-refractivity contribution in [1.82, 2.24) is 0 Å². The van der Waals surface area contributed by atoms with Crippen molar-refractivity contribution < 1.29 is 5.11 Å². The molecule has 0 aromatic carbocycles. The zero-order valence-corrected chi connectivity index (χ0v) is 5.22. The molecule has 2 nitrogen and oxygen atoms in total. The van der Waals surface area contributed by atoms with E-state index in [4.69, 9.17) is 10.8 Å². The molecule has 2 heteroatoms. The largest absolute Gasteiger partial charge is 0.395 e. The Morgan fingerprint density at radius 2 is 2.25 bits per heavy atom. The van der Waals surface area contributed by atoms with Crippen molar-refractivity contribution in [2.45, 2.75) is 25.8 Å². The third kappa shape index (κ3) is 0.858. The minimum Gasteiger partial charge on any atom is -0.395 e. The van der Waals surface area contributed by atoms with Crippen LogP contribution in [-0.2, 0) is 0 Å². The summed E-state index contributed by atoms with van der Waals surface area (Å²) in [4.78, 5) is 0. The lowest BCUT2D eigenvalue weighted by Gasteiger charge is -2.14. The van der Waals surface area contributed by atoms with Crippen molar-refractivity contribution in [2.24, 2.45) is 11.1 Å². The van der Waals surface area contributed by atoms with Gasteiger partial charge in [0.05, 0.1) is 6.61 Å². The van der Waals surface area contributed by atoms with Crippen molar-refractivity contribution >= 4 is 0 Å². The molecule has 0 aromatic rings. The normalized spacial score (nSPS) is 27.4. The van der Waals surface area contributed by atoms with Crippen LogP contribution in [0.2, 0.25) is 0 Å². The van der Waals surface area contributed by atoms with E-state index in [1.54, 1.807) is 0 Å². The van der Waals surface area contributed by atoms with Gasteiger partial charge in [0.25, 0.3) is 0 Å². The van der Waals surface area contributed by atoms with Crippen LogP contribution in [0.4, 0.5) is 0 Å². The Morgan fingerprint density at radius 1 is 1.75 bits per heavy atom.